The summed E-state index contributed by atoms with van der Waals surface area (Å²) in [5.74, 6) is 0.207. The number of fused-ring (bicyclic) bond motifs is 2. The molecule has 0 bridgehead atoms. The number of aromatic nitrogens is 3. The van der Waals surface area contributed by atoms with E-state index in [1.807, 2.05) is 13.8 Å². The minimum Gasteiger partial charge on any atom is -0.383 e. The zero-order chi connectivity index (χ0) is 16.4. The van der Waals surface area contributed by atoms with Gasteiger partial charge >= 0.3 is 0 Å². The molecule has 8 heteroatoms. The van der Waals surface area contributed by atoms with Crippen LogP contribution in [0.2, 0.25) is 0 Å². The molecule has 23 heavy (non-hydrogen) atoms. The maximum absolute atomic E-state index is 6.18. The van der Waals surface area contributed by atoms with Crippen molar-refractivity contribution in [2.45, 2.75) is 44.3 Å². The Morgan fingerprint density at radius 3 is 2.83 bits per heavy atom. The molecule has 2 aliphatic rings. The van der Waals surface area contributed by atoms with Crippen LogP contribution in [0.4, 0.5) is 5.82 Å². The summed E-state index contributed by atoms with van der Waals surface area (Å²) in [6.45, 7) is 4.49. The van der Waals surface area contributed by atoms with Gasteiger partial charge in [0.05, 0.1) is 17.5 Å². The van der Waals surface area contributed by atoms with Crippen LogP contribution in [0, 0.1) is 9.49 Å². The monoisotopic (exact) mass is 429 g/mol. The number of nitrogens with two attached hydrogens (primary N) is 2. The van der Waals surface area contributed by atoms with Gasteiger partial charge in [-0.2, -0.15) is 0 Å². The van der Waals surface area contributed by atoms with Crippen molar-refractivity contribution >= 4 is 39.4 Å². The Kier molecular flexibility index (Phi) is 3.56. The minimum absolute atomic E-state index is 0.0225. The molecule has 3 heterocycles. The molecule has 2 fully saturated rings. The number of halogens is 1. The molecule has 0 radical (unpaired) electrons. The second kappa shape index (κ2) is 5.27. The molecule has 0 unspecified atom stereocenters. The third kappa shape index (κ3) is 2.34. The average Bonchev–Trinajstić information content (AvgIpc) is 3.08. The number of nitrogens with zero attached hydrogens (tertiary/aromatic N) is 3. The van der Waals surface area contributed by atoms with E-state index in [2.05, 4.69) is 43.3 Å². The first kappa shape index (κ1) is 15.6. The Morgan fingerprint density at radius 1 is 1.35 bits per heavy atom. The molecule has 124 valence electrons. The van der Waals surface area contributed by atoms with E-state index in [0.29, 0.717) is 12.4 Å². The van der Waals surface area contributed by atoms with Crippen molar-refractivity contribution < 1.29 is 9.47 Å². The van der Waals surface area contributed by atoms with Gasteiger partial charge in [-0.05, 0) is 49.4 Å². The molecule has 0 amide bonds. The number of anilines is 1. The smallest absolute Gasteiger partial charge is 0.163 e. The highest BCUT2D eigenvalue weighted by Gasteiger charge is 2.54. The molecule has 1 saturated carbocycles. The van der Waals surface area contributed by atoms with Gasteiger partial charge in [0, 0.05) is 15.7 Å². The van der Waals surface area contributed by atoms with E-state index in [1.54, 1.807) is 0 Å². The quantitative estimate of drug-likeness (QED) is 0.705. The fourth-order valence-corrected chi connectivity index (χ4v) is 4.69. The van der Waals surface area contributed by atoms with Crippen LogP contribution in [0.15, 0.2) is 12.5 Å². The Morgan fingerprint density at radius 2 is 2.09 bits per heavy atom. The lowest BCUT2D eigenvalue weighted by molar-refractivity contribution is -0.159. The molecule has 1 aliphatic heterocycles. The summed E-state index contributed by atoms with van der Waals surface area (Å²) in [5, 5.41) is 0.902. The predicted molar refractivity (Wildman–Crippen MR) is 94.7 cm³/mol. The van der Waals surface area contributed by atoms with Crippen LogP contribution >= 0.6 is 22.6 Å². The predicted octanol–water partition coefficient (Wildman–Crippen LogP) is 1.66. The van der Waals surface area contributed by atoms with Gasteiger partial charge in [0.2, 0.25) is 0 Å². The second-order valence-corrected chi connectivity index (χ2v) is 7.87. The van der Waals surface area contributed by atoms with Gasteiger partial charge < -0.3 is 25.5 Å². The Labute approximate surface area is 147 Å². The fraction of sp³-hybridized carbons (Fsp3) is 0.600. The van der Waals surface area contributed by atoms with Crippen molar-refractivity contribution in [1.29, 1.82) is 0 Å². The maximum atomic E-state index is 6.18. The van der Waals surface area contributed by atoms with Crippen LogP contribution in [0.1, 0.15) is 26.3 Å². The first-order valence-electron chi connectivity index (χ1n) is 7.73. The zero-order valence-corrected chi connectivity index (χ0v) is 15.2. The molecule has 2 aromatic rings. The summed E-state index contributed by atoms with van der Waals surface area (Å²) in [7, 11) is 0. The molecule has 7 nitrogen and oxygen atoms in total. The molecule has 0 spiro atoms. The molecule has 1 aliphatic carbocycles. The molecular formula is C15H20IN5O2. The summed E-state index contributed by atoms with van der Waals surface area (Å²) in [4.78, 5) is 8.55. The highest BCUT2D eigenvalue weighted by molar-refractivity contribution is 14.1. The van der Waals surface area contributed by atoms with Gasteiger partial charge in [0.1, 0.15) is 23.9 Å². The van der Waals surface area contributed by atoms with E-state index in [0.717, 1.165) is 21.0 Å². The second-order valence-electron chi connectivity index (χ2n) is 6.71. The van der Waals surface area contributed by atoms with Crippen LogP contribution in [-0.2, 0) is 9.47 Å². The van der Waals surface area contributed by atoms with Gasteiger partial charge in [-0.1, -0.05) is 0 Å². The van der Waals surface area contributed by atoms with Crippen molar-refractivity contribution in [3.63, 3.8) is 0 Å². The van der Waals surface area contributed by atoms with Crippen molar-refractivity contribution in [3.8, 4) is 0 Å². The lowest BCUT2D eigenvalue weighted by atomic mass is 10.1. The van der Waals surface area contributed by atoms with Gasteiger partial charge in [0.15, 0.2) is 5.79 Å². The van der Waals surface area contributed by atoms with Gasteiger partial charge in [0.25, 0.3) is 0 Å². The normalized spacial score (nSPS) is 32.5. The Bertz CT molecular complexity index is 762. The summed E-state index contributed by atoms with van der Waals surface area (Å²) in [5.41, 5.74) is 12.8. The molecule has 1 saturated heterocycles. The number of rotatable bonds is 2. The van der Waals surface area contributed by atoms with Crippen molar-refractivity contribution in [1.82, 2.24) is 14.5 Å². The zero-order valence-electron chi connectivity index (χ0n) is 13.1. The van der Waals surface area contributed by atoms with E-state index in [-0.39, 0.29) is 24.2 Å². The van der Waals surface area contributed by atoms with Crippen LogP contribution < -0.4 is 11.5 Å². The maximum Gasteiger partial charge on any atom is 0.163 e. The molecule has 4 N–H and O–H groups in total. The standard InChI is InChI=1S/C15H20IN5O2/c1-15(2)22-11-7(4-17)3-9(12(11)23-15)21-5-8(16)10-13(18)19-6-20-14(10)21/h5-7,9,11-12H,3-4,17H2,1-2H3,(H2,18,19,20)/t7-,9-,11-,12+/m1/s1. The minimum atomic E-state index is -0.578. The van der Waals surface area contributed by atoms with Crippen LogP contribution in [0.5, 0.6) is 0 Å². The first-order chi connectivity index (χ1) is 10.9. The topological polar surface area (TPSA) is 101 Å². The SMILES string of the molecule is CC1(C)O[C@@H]2[C@@H](CN)C[C@@H](n3cc(I)c4c(N)ncnc43)[C@@H]2O1. The van der Waals surface area contributed by atoms with E-state index < -0.39 is 5.79 Å². The van der Waals surface area contributed by atoms with Crippen molar-refractivity contribution in [2.24, 2.45) is 11.7 Å². The number of hydrogen-bond acceptors (Lipinski definition) is 6. The number of nitrogen functional groups attached to an aromatic ring is 1. The largest absolute Gasteiger partial charge is 0.383 e. The highest BCUT2D eigenvalue weighted by Crippen LogP contribution is 2.47. The van der Waals surface area contributed by atoms with Crippen molar-refractivity contribution in [3.05, 3.63) is 16.1 Å². The van der Waals surface area contributed by atoms with E-state index in [1.165, 1.54) is 6.33 Å². The third-order valence-corrected chi connectivity index (χ3v) is 5.62. The van der Waals surface area contributed by atoms with Gasteiger partial charge in [-0.15, -0.1) is 0 Å². The van der Waals surface area contributed by atoms with E-state index >= 15 is 0 Å². The van der Waals surface area contributed by atoms with E-state index in [4.69, 9.17) is 20.9 Å². The molecule has 4 atom stereocenters. The van der Waals surface area contributed by atoms with Crippen LogP contribution in [0.3, 0.4) is 0 Å². The lowest BCUT2D eigenvalue weighted by Gasteiger charge is -2.24. The van der Waals surface area contributed by atoms with E-state index in [9.17, 15) is 0 Å². The number of ether oxygens (including phenoxy) is 2. The van der Waals surface area contributed by atoms with Crippen LogP contribution in [0.25, 0.3) is 11.0 Å². The van der Waals surface area contributed by atoms with Crippen molar-refractivity contribution in [2.75, 3.05) is 12.3 Å². The first-order valence-corrected chi connectivity index (χ1v) is 8.81. The van der Waals surface area contributed by atoms with Gasteiger partial charge in [-0.3, -0.25) is 0 Å². The lowest BCUT2D eigenvalue weighted by Crippen LogP contribution is -2.29. The van der Waals surface area contributed by atoms with Gasteiger partial charge in [-0.25, -0.2) is 9.97 Å². The molecule has 2 aromatic heterocycles. The Balaban J connectivity index is 1.81. The molecular weight excluding hydrogens is 409 g/mol. The van der Waals surface area contributed by atoms with Crippen LogP contribution in [-0.4, -0.2) is 39.1 Å². The summed E-state index contributed by atoms with van der Waals surface area (Å²) >= 11 is 2.27. The summed E-state index contributed by atoms with van der Waals surface area (Å²) in [6.07, 6.45) is 4.49. The summed E-state index contributed by atoms with van der Waals surface area (Å²) < 4.78 is 15.5. The Hall–Kier alpha value is -0.970. The summed E-state index contributed by atoms with van der Waals surface area (Å²) in [6, 6.07) is 0.135. The molecule has 4 rings (SSSR count). The third-order valence-electron chi connectivity index (χ3n) is 4.80. The fourth-order valence-electron chi connectivity index (χ4n) is 3.87. The molecule has 0 aromatic carbocycles. The number of hydrogen-bond donors (Lipinski definition) is 2. The average molecular weight is 429 g/mol. The highest BCUT2D eigenvalue weighted by atomic mass is 127.